The summed E-state index contributed by atoms with van der Waals surface area (Å²) >= 11 is 0. The molecule has 0 unspecified atom stereocenters. The van der Waals surface area contributed by atoms with Crippen molar-refractivity contribution in [2.45, 2.75) is 40.7 Å². The quantitative estimate of drug-likeness (QED) is 0.529. The van der Waals surface area contributed by atoms with E-state index in [4.69, 9.17) is 5.11 Å². The summed E-state index contributed by atoms with van der Waals surface area (Å²) in [5.74, 6) is 0.121. The van der Waals surface area contributed by atoms with E-state index < -0.39 is 0 Å². The number of hydrogen-bond acceptors (Lipinski definition) is 2. The van der Waals surface area contributed by atoms with Crippen molar-refractivity contribution in [2.24, 2.45) is 0 Å². The largest absolute Gasteiger partial charge is 0.394 e. The molecule has 0 aromatic carbocycles. The molecule has 0 aromatic heterocycles. The number of hydrogen-bond donors (Lipinski definition) is 1. The molecule has 0 rings (SSSR count). The van der Waals surface area contributed by atoms with E-state index in [2.05, 4.69) is 0 Å². The van der Waals surface area contributed by atoms with E-state index in [-0.39, 0.29) is 11.9 Å². The second-order valence-electron chi connectivity index (χ2n) is 2.89. The number of ketones is 1. The lowest BCUT2D eigenvalue weighted by atomic mass is 10.2. The maximum atomic E-state index is 10.6. The normalized spacial score (nSPS) is 11.5. The average Bonchev–Trinajstić information content (AvgIpc) is 1.98. The Hall–Kier alpha value is -0.890. The van der Waals surface area contributed by atoms with Crippen LogP contribution in [0, 0.1) is 0 Å². The van der Waals surface area contributed by atoms with Crippen LogP contribution in [-0.4, -0.2) is 17.0 Å². The summed E-state index contributed by atoms with van der Waals surface area (Å²) in [5.41, 5.74) is 0.775. The van der Waals surface area contributed by atoms with Gasteiger partial charge in [0.15, 0.2) is 5.78 Å². The van der Waals surface area contributed by atoms with E-state index >= 15 is 0 Å². The number of allylic oxidation sites excluding steroid dienone is 4. The van der Waals surface area contributed by atoms with Gasteiger partial charge in [-0.25, -0.2) is 0 Å². The zero-order valence-corrected chi connectivity index (χ0v) is 9.16. The predicted molar refractivity (Wildman–Crippen MR) is 56.6 cm³/mol. The summed E-state index contributed by atoms with van der Waals surface area (Å²) in [6.07, 6.45) is 5.31. The van der Waals surface area contributed by atoms with E-state index in [0.717, 1.165) is 5.57 Å². The topological polar surface area (TPSA) is 37.3 Å². The third kappa shape index (κ3) is 14.0. The maximum absolute atomic E-state index is 10.6. The van der Waals surface area contributed by atoms with Gasteiger partial charge in [0.2, 0.25) is 0 Å². The van der Waals surface area contributed by atoms with Gasteiger partial charge in [0.05, 0.1) is 0 Å². The highest BCUT2D eigenvalue weighted by atomic mass is 16.3. The lowest BCUT2D eigenvalue weighted by Crippen LogP contribution is -1.90. The minimum Gasteiger partial charge on any atom is -0.394 e. The first-order valence-corrected chi connectivity index (χ1v) is 4.43. The van der Waals surface area contributed by atoms with Gasteiger partial charge in [-0.15, -0.1) is 0 Å². The first-order valence-electron chi connectivity index (χ1n) is 4.43. The van der Waals surface area contributed by atoms with Gasteiger partial charge in [-0.3, -0.25) is 4.79 Å². The molecule has 0 saturated heterocycles. The molecule has 0 heterocycles. The molecule has 1 N–H and O–H groups in total. The highest BCUT2D eigenvalue weighted by molar-refractivity contribution is 5.95. The fourth-order valence-electron chi connectivity index (χ4n) is 0.596. The SMILES string of the molecule is C/C=C\C(=C/C)C(C)=O.CC(C)O. The van der Waals surface area contributed by atoms with Crippen LogP contribution in [-0.2, 0) is 4.79 Å². The van der Waals surface area contributed by atoms with E-state index in [9.17, 15) is 4.79 Å². The smallest absolute Gasteiger partial charge is 0.159 e. The molecular weight excluding hydrogens is 164 g/mol. The molecule has 0 aliphatic carbocycles. The molecule has 0 saturated carbocycles. The van der Waals surface area contributed by atoms with Crippen LogP contribution >= 0.6 is 0 Å². The van der Waals surface area contributed by atoms with Crippen molar-refractivity contribution in [1.29, 1.82) is 0 Å². The summed E-state index contributed by atoms with van der Waals surface area (Å²) in [7, 11) is 0. The molecule has 0 aliphatic heterocycles. The number of aliphatic hydroxyl groups is 1. The predicted octanol–water partition coefficient (Wildman–Crippen LogP) is 2.48. The van der Waals surface area contributed by atoms with Crippen LogP contribution < -0.4 is 0 Å². The van der Waals surface area contributed by atoms with Gasteiger partial charge in [-0.05, 0) is 34.6 Å². The summed E-state index contributed by atoms with van der Waals surface area (Å²) in [6.45, 7) is 8.76. The van der Waals surface area contributed by atoms with Gasteiger partial charge in [0.25, 0.3) is 0 Å². The van der Waals surface area contributed by atoms with E-state index in [1.807, 2.05) is 32.1 Å². The second kappa shape index (κ2) is 9.20. The van der Waals surface area contributed by atoms with Crippen LogP contribution in [0.3, 0.4) is 0 Å². The summed E-state index contributed by atoms with van der Waals surface area (Å²) in [6, 6.07) is 0. The van der Waals surface area contributed by atoms with E-state index in [1.54, 1.807) is 20.8 Å². The number of carbonyl (C=O) groups excluding carboxylic acids is 1. The molecule has 0 radical (unpaired) electrons. The van der Waals surface area contributed by atoms with Gasteiger partial charge < -0.3 is 5.11 Å². The highest BCUT2D eigenvalue weighted by Gasteiger charge is 1.93. The van der Waals surface area contributed by atoms with Crippen LogP contribution in [0.1, 0.15) is 34.6 Å². The van der Waals surface area contributed by atoms with Crippen molar-refractivity contribution in [3.63, 3.8) is 0 Å². The molecular formula is C11H20O2. The summed E-state index contributed by atoms with van der Waals surface area (Å²) in [5, 5.41) is 8.06. The summed E-state index contributed by atoms with van der Waals surface area (Å²) < 4.78 is 0. The Morgan fingerprint density at radius 2 is 1.69 bits per heavy atom. The molecule has 2 heteroatoms. The van der Waals surface area contributed by atoms with Crippen molar-refractivity contribution in [3.8, 4) is 0 Å². The maximum Gasteiger partial charge on any atom is 0.159 e. The van der Waals surface area contributed by atoms with Crippen LogP contribution in [0.15, 0.2) is 23.8 Å². The molecule has 0 fully saturated rings. The van der Waals surface area contributed by atoms with Gasteiger partial charge in [0, 0.05) is 11.7 Å². The Bertz CT molecular complexity index is 186. The fraction of sp³-hybridized carbons (Fsp3) is 0.545. The number of carbonyl (C=O) groups is 1. The lowest BCUT2D eigenvalue weighted by Gasteiger charge is -1.89. The van der Waals surface area contributed by atoms with E-state index in [1.165, 1.54) is 0 Å². The van der Waals surface area contributed by atoms with Crippen LogP contribution in [0.25, 0.3) is 0 Å². The molecule has 0 spiro atoms. The molecule has 13 heavy (non-hydrogen) atoms. The van der Waals surface area contributed by atoms with Gasteiger partial charge in [-0.1, -0.05) is 18.2 Å². The second-order valence-corrected chi connectivity index (χ2v) is 2.89. The number of rotatable bonds is 2. The Kier molecular flexibility index (Phi) is 10.3. The lowest BCUT2D eigenvalue weighted by molar-refractivity contribution is -0.113. The molecule has 76 valence electrons. The fourth-order valence-corrected chi connectivity index (χ4v) is 0.596. The molecule has 0 aromatic rings. The first kappa shape index (κ1) is 14.6. The summed E-state index contributed by atoms with van der Waals surface area (Å²) in [4.78, 5) is 10.6. The molecule has 0 bridgehead atoms. The van der Waals surface area contributed by atoms with Crippen molar-refractivity contribution in [1.82, 2.24) is 0 Å². The van der Waals surface area contributed by atoms with E-state index in [0.29, 0.717) is 0 Å². The van der Waals surface area contributed by atoms with Gasteiger partial charge >= 0.3 is 0 Å². The van der Waals surface area contributed by atoms with Crippen LogP contribution in [0.2, 0.25) is 0 Å². The van der Waals surface area contributed by atoms with Crippen molar-refractivity contribution in [3.05, 3.63) is 23.8 Å². The third-order valence-corrected chi connectivity index (χ3v) is 1.06. The van der Waals surface area contributed by atoms with Crippen LogP contribution in [0.4, 0.5) is 0 Å². The van der Waals surface area contributed by atoms with Crippen LogP contribution in [0.5, 0.6) is 0 Å². The third-order valence-electron chi connectivity index (χ3n) is 1.06. The zero-order chi connectivity index (χ0) is 10.9. The molecule has 0 amide bonds. The Morgan fingerprint density at radius 1 is 1.31 bits per heavy atom. The van der Waals surface area contributed by atoms with Gasteiger partial charge in [-0.2, -0.15) is 0 Å². The highest BCUT2D eigenvalue weighted by Crippen LogP contribution is 1.96. The zero-order valence-electron chi connectivity index (χ0n) is 9.16. The Labute approximate surface area is 81.0 Å². The standard InChI is InChI=1S/C8H12O.C3H8O/c1-4-6-8(5-2)7(3)9;1-3(2)4/h4-6H,1-3H3;3-4H,1-2H3/b6-4-,8-5+;. The first-order chi connectivity index (χ1) is 5.95. The van der Waals surface area contributed by atoms with Crippen molar-refractivity contribution in [2.75, 3.05) is 0 Å². The molecule has 0 atom stereocenters. The van der Waals surface area contributed by atoms with Crippen molar-refractivity contribution >= 4 is 5.78 Å². The Balaban J connectivity index is 0. The van der Waals surface area contributed by atoms with Crippen molar-refractivity contribution < 1.29 is 9.90 Å². The monoisotopic (exact) mass is 184 g/mol. The minimum absolute atomic E-state index is 0.121. The number of aliphatic hydroxyl groups excluding tert-OH is 1. The number of Topliss-reactive ketones (excluding diaryl/α,β-unsaturated/α-hetero) is 1. The minimum atomic E-state index is -0.167. The van der Waals surface area contributed by atoms with Gasteiger partial charge in [0.1, 0.15) is 0 Å². The Morgan fingerprint density at radius 3 is 1.77 bits per heavy atom. The molecule has 2 nitrogen and oxygen atoms in total. The molecule has 0 aliphatic rings. The average molecular weight is 184 g/mol.